The maximum absolute atomic E-state index is 13.4. The molecule has 0 N–H and O–H groups in total. The highest BCUT2D eigenvalue weighted by molar-refractivity contribution is 9.10. The number of halogens is 3. The average Bonchev–Trinajstić information content (AvgIpc) is 2.68. The SMILES string of the molecule is CC(=O)c1sc(-c2ccc(F)c(F)c2Br)nc1C. The quantitative estimate of drug-likeness (QED) is 0.604. The summed E-state index contributed by atoms with van der Waals surface area (Å²) in [5.74, 6) is -1.97. The summed E-state index contributed by atoms with van der Waals surface area (Å²) >= 11 is 4.17. The van der Waals surface area contributed by atoms with Crippen LogP contribution in [-0.2, 0) is 0 Å². The number of hydrogen-bond acceptors (Lipinski definition) is 3. The first-order chi connectivity index (χ1) is 8.41. The normalized spacial score (nSPS) is 10.7. The molecule has 0 amide bonds. The zero-order chi connectivity index (χ0) is 13.4. The van der Waals surface area contributed by atoms with Gasteiger partial charge >= 0.3 is 0 Å². The van der Waals surface area contributed by atoms with Crippen LogP contribution in [0.25, 0.3) is 10.6 Å². The summed E-state index contributed by atoms with van der Waals surface area (Å²) < 4.78 is 26.5. The zero-order valence-corrected chi connectivity index (χ0v) is 12.0. The Morgan fingerprint density at radius 1 is 1.39 bits per heavy atom. The van der Waals surface area contributed by atoms with Crippen molar-refractivity contribution >= 4 is 33.0 Å². The highest BCUT2D eigenvalue weighted by atomic mass is 79.9. The number of nitrogens with zero attached hydrogens (tertiary/aromatic N) is 1. The van der Waals surface area contributed by atoms with Crippen molar-refractivity contribution in [2.45, 2.75) is 13.8 Å². The van der Waals surface area contributed by atoms with Crippen molar-refractivity contribution in [2.24, 2.45) is 0 Å². The molecule has 2 rings (SSSR count). The Morgan fingerprint density at radius 3 is 2.61 bits per heavy atom. The molecule has 0 unspecified atom stereocenters. The van der Waals surface area contributed by atoms with Crippen molar-refractivity contribution in [1.82, 2.24) is 4.98 Å². The number of aromatic nitrogens is 1. The lowest BCUT2D eigenvalue weighted by atomic mass is 10.2. The highest BCUT2D eigenvalue weighted by Gasteiger charge is 2.18. The number of ketones is 1. The van der Waals surface area contributed by atoms with Gasteiger partial charge in [-0.3, -0.25) is 4.79 Å². The fourth-order valence-corrected chi connectivity index (χ4v) is 3.16. The van der Waals surface area contributed by atoms with Gasteiger partial charge in [0.15, 0.2) is 17.4 Å². The van der Waals surface area contributed by atoms with E-state index in [0.717, 1.165) is 6.07 Å². The Kier molecular flexibility index (Phi) is 3.59. The molecule has 0 fully saturated rings. The first kappa shape index (κ1) is 13.3. The van der Waals surface area contributed by atoms with Gasteiger partial charge in [0.2, 0.25) is 0 Å². The molecule has 6 heteroatoms. The molecular formula is C12H8BrF2NOS. The number of Topliss-reactive ketones (excluding diaryl/α,β-unsaturated/α-hetero) is 1. The third-order valence-electron chi connectivity index (χ3n) is 2.38. The molecule has 2 nitrogen and oxygen atoms in total. The Labute approximate surface area is 115 Å². The number of aryl methyl sites for hydroxylation is 1. The third kappa shape index (κ3) is 2.22. The van der Waals surface area contributed by atoms with Gasteiger partial charge < -0.3 is 0 Å². The Hall–Kier alpha value is -1.14. The van der Waals surface area contributed by atoms with Crippen LogP contribution in [0.15, 0.2) is 16.6 Å². The van der Waals surface area contributed by atoms with Crippen LogP contribution >= 0.6 is 27.3 Å². The molecule has 1 aromatic carbocycles. The monoisotopic (exact) mass is 331 g/mol. The third-order valence-corrected chi connectivity index (χ3v) is 4.45. The lowest BCUT2D eigenvalue weighted by molar-refractivity contribution is 0.102. The van der Waals surface area contributed by atoms with E-state index in [1.54, 1.807) is 6.92 Å². The molecule has 1 heterocycles. The summed E-state index contributed by atoms with van der Waals surface area (Å²) in [6, 6.07) is 2.48. The molecular weight excluding hydrogens is 324 g/mol. The summed E-state index contributed by atoms with van der Waals surface area (Å²) in [4.78, 5) is 16.1. The second-order valence-corrected chi connectivity index (χ2v) is 5.50. The molecule has 18 heavy (non-hydrogen) atoms. The van der Waals surface area contributed by atoms with Crippen LogP contribution < -0.4 is 0 Å². The molecule has 0 atom stereocenters. The molecule has 1 aromatic heterocycles. The predicted octanol–water partition coefficient (Wildman–Crippen LogP) is 4.36. The molecule has 0 aliphatic heterocycles. The van der Waals surface area contributed by atoms with E-state index in [-0.39, 0.29) is 10.3 Å². The minimum Gasteiger partial charge on any atom is -0.294 e. The van der Waals surface area contributed by atoms with Crippen molar-refractivity contribution in [3.8, 4) is 10.6 Å². The minimum atomic E-state index is -0.954. The van der Waals surface area contributed by atoms with Crippen LogP contribution in [0, 0.1) is 18.6 Å². The maximum Gasteiger partial charge on any atom is 0.173 e. The number of hydrogen-bond donors (Lipinski definition) is 0. The lowest BCUT2D eigenvalue weighted by Gasteiger charge is -2.02. The Bertz CT molecular complexity index is 639. The van der Waals surface area contributed by atoms with E-state index in [9.17, 15) is 13.6 Å². The zero-order valence-electron chi connectivity index (χ0n) is 9.55. The van der Waals surface area contributed by atoms with Crippen molar-refractivity contribution < 1.29 is 13.6 Å². The topological polar surface area (TPSA) is 30.0 Å². The van der Waals surface area contributed by atoms with E-state index in [2.05, 4.69) is 20.9 Å². The van der Waals surface area contributed by atoms with E-state index >= 15 is 0 Å². The van der Waals surface area contributed by atoms with Gasteiger partial charge in [0.25, 0.3) is 0 Å². The largest absolute Gasteiger partial charge is 0.294 e. The number of benzene rings is 1. The van der Waals surface area contributed by atoms with Gasteiger partial charge in [-0.25, -0.2) is 13.8 Å². The fourth-order valence-electron chi connectivity index (χ4n) is 1.53. The van der Waals surface area contributed by atoms with Crippen LogP contribution in [0.1, 0.15) is 22.3 Å². The minimum absolute atomic E-state index is 0.0198. The molecule has 0 radical (unpaired) electrons. The van der Waals surface area contributed by atoms with Crippen molar-refractivity contribution in [2.75, 3.05) is 0 Å². The van der Waals surface area contributed by atoms with E-state index in [0.29, 0.717) is 21.1 Å². The Balaban J connectivity index is 2.60. The average molecular weight is 332 g/mol. The molecule has 0 aliphatic carbocycles. The summed E-state index contributed by atoms with van der Waals surface area (Å²) in [6.45, 7) is 3.16. The Morgan fingerprint density at radius 2 is 2.06 bits per heavy atom. The molecule has 94 valence electrons. The molecule has 0 aliphatic rings. The molecule has 0 saturated heterocycles. The summed E-state index contributed by atoms with van der Waals surface area (Å²) in [5, 5.41) is 0.489. The van der Waals surface area contributed by atoms with Crippen LogP contribution in [0.2, 0.25) is 0 Å². The summed E-state index contributed by atoms with van der Waals surface area (Å²) in [7, 11) is 0. The standard InChI is InChI=1S/C12H8BrF2NOS/c1-5-11(6(2)17)18-12(16-5)7-3-4-8(14)10(15)9(7)13/h3-4H,1-2H3. The first-order valence-corrected chi connectivity index (χ1v) is 6.65. The predicted molar refractivity (Wildman–Crippen MR) is 69.9 cm³/mol. The van der Waals surface area contributed by atoms with Crippen LogP contribution in [0.4, 0.5) is 8.78 Å². The van der Waals surface area contributed by atoms with Crippen molar-refractivity contribution in [3.05, 3.63) is 38.8 Å². The van der Waals surface area contributed by atoms with Crippen molar-refractivity contribution in [1.29, 1.82) is 0 Å². The highest BCUT2D eigenvalue weighted by Crippen LogP contribution is 2.35. The van der Waals surface area contributed by atoms with Crippen molar-refractivity contribution in [3.63, 3.8) is 0 Å². The van der Waals surface area contributed by atoms with Gasteiger partial charge in [0, 0.05) is 12.5 Å². The van der Waals surface area contributed by atoms with Gasteiger partial charge in [-0.1, -0.05) is 0 Å². The summed E-state index contributed by atoms with van der Waals surface area (Å²) in [6.07, 6.45) is 0. The first-order valence-electron chi connectivity index (χ1n) is 5.04. The lowest BCUT2D eigenvalue weighted by Crippen LogP contribution is -1.89. The number of carbonyl (C=O) groups is 1. The van der Waals surface area contributed by atoms with E-state index < -0.39 is 11.6 Å². The van der Waals surface area contributed by atoms with Crippen LogP contribution in [0.3, 0.4) is 0 Å². The molecule has 2 aromatic rings. The van der Waals surface area contributed by atoms with Gasteiger partial charge in [-0.2, -0.15) is 0 Å². The van der Waals surface area contributed by atoms with Gasteiger partial charge in [-0.05, 0) is 35.0 Å². The van der Waals surface area contributed by atoms with E-state index in [1.807, 2.05) is 0 Å². The van der Waals surface area contributed by atoms with Crippen LogP contribution in [0.5, 0.6) is 0 Å². The molecule has 0 bridgehead atoms. The summed E-state index contributed by atoms with van der Waals surface area (Å²) in [5.41, 5.74) is 1.04. The van der Waals surface area contributed by atoms with Gasteiger partial charge in [0.05, 0.1) is 15.0 Å². The van der Waals surface area contributed by atoms with Gasteiger partial charge in [-0.15, -0.1) is 11.3 Å². The smallest absolute Gasteiger partial charge is 0.173 e. The fraction of sp³-hybridized carbons (Fsp3) is 0.167. The van der Waals surface area contributed by atoms with Crippen LogP contribution in [-0.4, -0.2) is 10.8 Å². The molecule has 0 saturated carbocycles. The number of rotatable bonds is 2. The maximum atomic E-state index is 13.4. The van der Waals surface area contributed by atoms with E-state index in [4.69, 9.17) is 0 Å². The van der Waals surface area contributed by atoms with Gasteiger partial charge in [0.1, 0.15) is 5.01 Å². The number of carbonyl (C=O) groups excluding carboxylic acids is 1. The number of thiazole rings is 1. The second-order valence-electron chi connectivity index (χ2n) is 3.71. The molecule has 0 spiro atoms. The second kappa shape index (κ2) is 4.85. The van der Waals surface area contributed by atoms with E-state index in [1.165, 1.54) is 24.3 Å².